The summed E-state index contributed by atoms with van der Waals surface area (Å²) in [5, 5.41) is 3.45. The predicted molar refractivity (Wildman–Crippen MR) is 67.9 cm³/mol. The van der Waals surface area contributed by atoms with Crippen molar-refractivity contribution in [2.75, 3.05) is 26.2 Å². The van der Waals surface area contributed by atoms with Crippen molar-refractivity contribution in [2.45, 2.75) is 33.7 Å². The standard InChI is InChI=1S/C13H23N3O/c1-4-16-6-5-12(9-16)7-14-8-13-15-10(2)11(3)17-13/h12,14H,4-9H2,1-3H3. The molecule has 1 atom stereocenters. The molecule has 1 aliphatic rings. The zero-order valence-electron chi connectivity index (χ0n) is 11.1. The van der Waals surface area contributed by atoms with Crippen molar-refractivity contribution in [2.24, 2.45) is 5.92 Å². The molecule has 1 saturated heterocycles. The first-order chi connectivity index (χ1) is 8.19. The van der Waals surface area contributed by atoms with Crippen LogP contribution in [0.3, 0.4) is 0 Å². The van der Waals surface area contributed by atoms with Crippen LogP contribution in [0.5, 0.6) is 0 Å². The molecule has 0 radical (unpaired) electrons. The van der Waals surface area contributed by atoms with Crippen LogP contribution in [-0.4, -0.2) is 36.1 Å². The number of nitrogens with zero attached hydrogens (tertiary/aromatic N) is 2. The third-order valence-corrected chi connectivity index (χ3v) is 3.60. The van der Waals surface area contributed by atoms with E-state index in [1.807, 2.05) is 13.8 Å². The molecular formula is C13H23N3O. The van der Waals surface area contributed by atoms with E-state index in [4.69, 9.17) is 4.42 Å². The van der Waals surface area contributed by atoms with E-state index < -0.39 is 0 Å². The minimum atomic E-state index is 0.747. The topological polar surface area (TPSA) is 41.3 Å². The summed E-state index contributed by atoms with van der Waals surface area (Å²) in [5.41, 5.74) is 1.000. The average molecular weight is 237 g/mol. The first-order valence-corrected chi connectivity index (χ1v) is 6.55. The third-order valence-electron chi connectivity index (χ3n) is 3.60. The van der Waals surface area contributed by atoms with E-state index in [0.717, 1.165) is 36.4 Å². The van der Waals surface area contributed by atoms with Gasteiger partial charge in [0.2, 0.25) is 5.89 Å². The zero-order valence-corrected chi connectivity index (χ0v) is 11.1. The summed E-state index contributed by atoms with van der Waals surface area (Å²) < 4.78 is 5.54. The lowest BCUT2D eigenvalue weighted by molar-refractivity contribution is 0.337. The van der Waals surface area contributed by atoms with Gasteiger partial charge in [0.1, 0.15) is 5.76 Å². The fraction of sp³-hybridized carbons (Fsp3) is 0.769. The van der Waals surface area contributed by atoms with Crippen molar-refractivity contribution in [1.29, 1.82) is 0 Å². The fourth-order valence-corrected chi connectivity index (χ4v) is 2.36. The van der Waals surface area contributed by atoms with Crippen molar-refractivity contribution >= 4 is 0 Å². The number of oxazole rings is 1. The van der Waals surface area contributed by atoms with Gasteiger partial charge >= 0.3 is 0 Å². The van der Waals surface area contributed by atoms with Crippen LogP contribution >= 0.6 is 0 Å². The zero-order chi connectivity index (χ0) is 12.3. The molecule has 1 aromatic heterocycles. The number of hydrogen-bond donors (Lipinski definition) is 1. The van der Waals surface area contributed by atoms with Crippen molar-refractivity contribution in [3.05, 3.63) is 17.3 Å². The van der Waals surface area contributed by atoms with Crippen LogP contribution in [0.2, 0.25) is 0 Å². The molecule has 0 aromatic carbocycles. The van der Waals surface area contributed by atoms with Crippen LogP contribution in [0.4, 0.5) is 0 Å². The highest BCUT2D eigenvalue weighted by molar-refractivity contribution is 5.05. The molecule has 1 aromatic rings. The Hall–Kier alpha value is -0.870. The lowest BCUT2D eigenvalue weighted by atomic mass is 10.1. The van der Waals surface area contributed by atoms with Gasteiger partial charge in [0.15, 0.2) is 0 Å². The van der Waals surface area contributed by atoms with E-state index >= 15 is 0 Å². The van der Waals surface area contributed by atoms with Crippen LogP contribution < -0.4 is 5.32 Å². The van der Waals surface area contributed by atoms with E-state index in [0.29, 0.717) is 0 Å². The van der Waals surface area contributed by atoms with Gasteiger partial charge in [0, 0.05) is 6.54 Å². The van der Waals surface area contributed by atoms with Crippen LogP contribution in [0, 0.1) is 19.8 Å². The SMILES string of the molecule is CCN1CCC(CNCc2nc(C)c(C)o2)C1. The summed E-state index contributed by atoms with van der Waals surface area (Å²) in [6.45, 7) is 11.6. The highest BCUT2D eigenvalue weighted by Gasteiger charge is 2.20. The summed E-state index contributed by atoms with van der Waals surface area (Å²) in [7, 11) is 0. The molecule has 1 fully saturated rings. The van der Waals surface area contributed by atoms with Crippen LogP contribution in [-0.2, 0) is 6.54 Å². The van der Waals surface area contributed by atoms with E-state index in [-0.39, 0.29) is 0 Å². The van der Waals surface area contributed by atoms with Crippen molar-refractivity contribution in [3.63, 3.8) is 0 Å². The van der Waals surface area contributed by atoms with Crippen molar-refractivity contribution < 1.29 is 4.42 Å². The lowest BCUT2D eigenvalue weighted by Gasteiger charge is -2.13. The lowest BCUT2D eigenvalue weighted by Crippen LogP contribution is -2.26. The molecule has 4 heteroatoms. The van der Waals surface area contributed by atoms with Gasteiger partial charge in [-0.2, -0.15) is 0 Å². The quantitative estimate of drug-likeness (QED) is 0.846. The summed E-state index contributed by atoms with van der Waals surface area (Å²) in [4.78, 5) is 6.87. The summed E-state index contributed by atoms with van der Waals surface area (Å²) in [6.07, 6.45) is 1.31. The second kappa shape index (κ2) is 5.65. The Morgan fingerprint density at radius 1 is 1.47 bits per heavy atom. The van der Waals surface area contributed by atoms with Crippen LogP contribution in [0.25, 0.3) is 0 Å². The summed E-state index contributed by atoms with van der Waals surface area (Å²) >= 11 is 0. The maximum Gasteiger partial charge on any atom is 0.208 e. The largest absolute Gasteiger partial charge is 0.444 e. The van der Waals surface area contributed by atoms with Crippen molar-refractivity contribution in [1.82, 2.24) is 15.2 Å². The molecule has 4 nitrogen and oxygen atoms in total. The fourth-order valence-electron chi connectivity index (χ4n) is 2.36. The minimum Gasteiger partial charge on any atom is -0.444 e. The first kappa shape index (κ1) is 12.6. The smallest absolute Gasteiger partial charge is 0.208 e. The van der Waals surface area contributed by atoms with Gasteiger partial charge in [-0.25, -0.2) is 4.98 Å². The van der Waals surface area contributed by atoms with Gasteiger partial charge in [-0.1, -0.05) is 6.92 Å². The molecule has 0 aliphatic carbocycles. The van der Waals surface area contributed by atoms with Crippen molar-refractivity contribution in [3.8, 4) is 0 Å². The number of hydrogen-bond acceptors (Lipinski definition) is 4. The van der Waals surface area contributed by atoms with E-state index in [1.165, 1.54) is 26.1 Å². The Morgan fingerprint density at radius 3 is 2.88 bits per heavy atom. The molecule has 1 unspecified atom stereocenters. The Labute approximate surface area is 103 Å². The highest BCUT2D eigenvalue weighted by atomic mass is 16.4. The van der Waals surface area contributed by atoms with Crippen LogP contribution in [0.1, 0.15) is 30.7 Å². The first-order valence-electron chi connectivity index (χ1n) is 6.55. The molecule has 0 amide bonds. The van der Waals surface area contributed by atoms with Gasteiger partial charge in [-0.15, -0.1) is 0 Å². The molecule has 0 bridgehead atoms. The maximum atomic E-state index is 5.54. The number of nitrogens with one attached hydrogen (secondary N) is 1. The molecule has 96 valence electrons. The molecule has 0 spiro atoms. The van der Waals surface area contributed by atoms with E-state index in [1.54, 1.807) is 0 Å². The van der Waals surface area contributed by atoms with E-state index in [9.17, 15) is 0 Å². The molecular weight excluding hydrogens is 214 g/mol. The van der Waals surface area contributed by atoms with Gasteiger partial charge in [-0.05, 0) is 45.8 Å². The monoisotopic (exact) mass is 237 g/mol. The molecule has 17 heavy (non-hydrogen) atoms. The normalized spacial score (nSPS) is 21.2. The summed E-state index contributed by atoms with van der Waals surface area (Å²) in [6, 6.07) is 0. The highest BCUT2D eigenvalue weighted by Crippen LogP contribution is 2.15. The summed E-state index contributed by atoms with van der Waals surface area (Å²) in [5.74, 6) is 2.53. The van der Waals surface area contributed by atoms with E-state index in [2.05, 4.69) is 22.1 Å². The van der Waals surface area contributed by atoms with Gasteiger partial charge in [0.05, 0.1) is 12.2 Å². The molecule has 0 saturated carbocycles. The Morgan fingerprint density at radius 2 is 2.29 bits per heavy atom. The third kappa shape index (κ3) is 3.30. The molecule has 2 heterocycles. The molecule has 2 rings (SSSR count). The Bertz CT molecular complexity index is 342. The number of likely N-dealkylation sites (tertiary alicyclic amines) is 1. The maximum absolute atomic E-state index is 5.54. The number of rotatable bonds is 5. The van der Waals surface area contributed by atoms with Gasteiger partial charge in [0.25, 0.3) is 0 Å². The Kier molecular flexibility index (Phi) is 4.18. The Balaban J connectivity index is 1.69. The van der Waals surface area contributed by atoms with Gasteiger partial charge < -0.3 is 14.6 Å². The number of aryl methyl sites for hydroxylation is 2. The molecule has 1 N–H and O–H groups in total. The average Bonchev–Trinajstić information content (AvgIpc) is 2.87. The van der Waals surface area contributed by atoms with Gasteiger partial charge in [-0.3, -0.25) is 0 Å². The second-order valence-electron chi connectivity index (χ2n) is 4.93. The second-order valence-corrected chi connectivity index (χ2v) is 4.93. The minimum absolute atomic E-state index is 0.747. The predicted octanol–water partition coefficient (Wildman–Crippen LogP) is 1.72. The number of aromatic nitrogens is 1. The van der Waals surface area contributed by atoms with Crippen LogP contribution in [0.15, 0.2) is 4.42 Å². The molecule has 1 aliphatic heterocycles.